The molecule has 0 saturated heterocycles. The van der Waals surface area contributed by atoms with Crippen LogP contribution in [-0.4, -0.2) is 10.8 Å². The summed E-state index contributed by atoms with van der Waals surface area (Å²) in [6.45, 7) is 0. The van der Waals surface area contributed by atoms with E-state index in [9.17, 15) is 4.79 Å². The lowest BCUT2D eigenvalue weighted by Gasteiger charge is -2.29. The SMILES string of the molecule is O=C1CC(c2cccs2)CC2=C1C(c1ccncc1)Nc1ccccc1N2. The van der Waals surface area contributed by atoms with Crippen LogP contribution in [0, 0.1) is 0 Å². The van der Waals surface area contributed by atoms with E-state index < -0.39 is 0 Å². The molecule has 0 fully saturated rings. The first-order valence-corrected chi connectivity index (χ1v) is 10.00. The Morgan fingerprint density at radius 2 is 1.78 bits per heavy atom. The highest BCUT2D eigenvalue weighted by Gasteiger charge is 2.36. The largest absolute Gasteiger partial charge is 0.372 e. The van der Waals surface area contributed by atoms with E-state index in [0.717, 1.165) is 34.6 Å². The molecule has 0 spiro atoms. The molecule has 3 heterocycles. The Hall–Kier alpha value is -2.92. The van der Waals surface area contributed by atoms with Crippen LogP contribution >= 0.6 is 11.3 Å². The number of hydrogen-bond acceptors (Lipinski definition) is 5. The molecule has 1 aliphatic carbocycles. The molecule has 134 valence electrons. The fourth-order valence-corrected chi connectivity index (χ4v) is 4.85. The number of rotatable bonds is 2. The minimum atomic E-state index is -0.170. The number of Topliss-reactive ketones (excluding diaryl/α,β-unsaturated/α-hetero) is 1. The van der Waals surface area contributed by atoms with Gasteiger partial charge in [0.05, 0.1) is 17.4 Å². The summed E-state index contributed by atoms with van der Waals surface area (Å²) < 4.78 is 0. The number of nitrogens with one attached hydrogen (secondary N) is 2. The van der Waals surface area contributed by atoms with Gasteiger partial charge in [-0.1, -0.05) is 18.2 Å². The zero-order chi connectivity index (χ0) is 18.2. The van der Waals surface area contributed by atoms with E-state index in [1.54, 1.807) is 23.7 Å². The number of allylic oxidation sites excluding steroid dienone is 1. The van der Waals surface area contributed by atoms with Crippen molar-refractivity contribution in [1.82, 2.24) is 4.98 Å². The second kappa shape index (κ2) is 6.67. The lowest BCUT2D eigenvalue weighted by molar-refractivity contribution is -0.116. The van der Waals surface area contributed by atoms with Gasteiger partial charge >= 0.3 is 0 Å². The molecule has 2 unspecified atom stereocenters. The third-order valence-electron chi connectivity index (χ3n) is 5.29. The molecule has 2 aromatic heterocycles. The highest BCUT2D eigenvalue weighted by molar-refractivity contribution is 7.10. The van der Waals surface area contributed by atoms with Crippen molar-refractivity contribution in [3.63, 3.8) is 0 Å². The predicted octanol–water partition coefficient (Wildman–Crippen LogP) is 5.12. The number of pyridine rings is 1. The Bertz CT molecular complexity index is 1010. The number of hydrogen-bond donors (Lipinski definition) is 2. The van der Waals surface area contributed by atoms with Gasteiger partial charge in [0.25, 0.3) is 0 Å². The zero-order valence-electron chi connectivity index (χ0n) is 14.7. The molecule has 0 bridgehead atoms. The van der Waals surface area contributed by atoms with Gasteiger partial charge in [0, 0.05) is 40.9 Å². The Morgan fingerprint density at radius 1 is 0.963 bits per heavy atom. The minimum absolute atomic E-state index is 0.170. The Kier molecular flexibility index (Phi) is 4.02. The van der Waals surface area contributed by atoms with E-state index in [1.165, 1.54) is 4.88 Å². The number of benzene rings is 1. The van der Waals surface area contributed by atoms with Crippen molar-refractivity contribution >= 4 is 28.5 Å². The van der Waals surface area contributed by atoms with Gasteiger partial charge in [-0.15, -0.1) is 11.3 Å². The van der Waals surface area contributed by atoms with Gasteiger partial charge in [-0.25, -0.2) is 0 Å². The molecule has 3 aromatic rings. The van der Waals surface area contributed by atoms with Crippen molar-refractivity contribution in [3.8, 4) is 0 Å². The van der Waals surface area contributed by atoms with Crippen LogP contribution in [0.15, 0.2) is 77.6 Å². The molecule has 5 heteroatoms. The maximum Gasteiger partial charge on any atom is 0.163 e. The lowest BCUT2D eigenvalue weighted by atomic mass is 9.81. The summed E-state index contributed by atoms with van der Waals surface area (Å²) in [5, 5.41) is 9.24. The molecule has 1 aromatic carbocycles. The van der Waals surface area contributed by atoms with Crippen molar-refractivity contribution in [1.29, 1.82) is 0 Å². The zero-order valence-corrected chi connectivity index (χ0v) is 15.5. The van der Waals surface area contributed by atoms with E-state index >= 15 is 0 Å². The molecule has 27 heavy (non-hydrogen) atoms. The quantitative estimate of drug-likeness (QED) is 0.654. The summed E-state index contributed by atoms with van der Waals surface area (Å²) in [5.41, 5.74) is 4.96. The highest BCUT2D eigenvalue weighted by atomic mass is 32.1. The molecule has 2 atom stereocenters. The molecular weight excluding hydrogens is 354 g/mol. The standard InChI is InChI=1S/C22H19N3OS/c26-19-13-15(20-6-3-11-27-20)12-18-21(19)22(14-7-9-23-10-8-14)25-17-5-2-1-4-16(17)24-18/h1-11,15,22,24-25H,12-13H2. The topological polar surface area (TPSA) is 54.0 Å². The number of carbonyl (C=O) groups excluding carboxylic acids is 1. The molecule has 1 aliphatic heterocycles. The Balaban J connectivity index is 1.63. The third kappa shape index (κ3) is 2.94. The molecule has 0 saturated carbocycles. The maximum absolute atomic E-state index is 13.3. The fraction of sp³-hybridized carbons (Fsp3) is 0.182. The maximum atomic E-state index is 13.3. The molecular formula is C22H19N3OS. The number of carbonyl (C=O) groups is 1. The van der Waals surface area contributed by atoms with Gasteiger partial charge in [0.15, 0.2) is 5.78 Å². The fourth-order valence-electron chi connectivity index (χ4n) is 4.02. The first-order chi connectivity index (χ1) is 13.3. The number of ketones is 1. The summed E-state index contributed by atoms with van der Waals surface area (Å²) in [5.74, 6) is 0.455. The summed E-state index contributed by atoms with van der Waals surface area (Å²) in [4.78, 5) is 18.7. The van der Waals surface area contributed by atoms with Crippen molar-refractivity contribution in [2.75, 3.05) is 10.6 Å². The number of aromatic nitrogens is 1. The summed E-state index contributed by atoms with van der Waals surface area (Å²) in [7, 11) is 0. The first kappa shape index (κ1) is 16.3. The van der Waals surface area contributed by atoms with Crippen molar-refractivity contribution in [2.24, 2.45) is 0 Å². The normalized spacial score (nSPS) is 21.6. The monoisotopic (exact) mass is 373 g/mol. The van der Waals surface area contributed by atoms with Crippen LogP contribution < -0.4 is 10.6 Å². The number of fused-ring (bicyclic) bond motifs is 1. The third-order valence-corrected chi connectivity index (χ3v) is 6.33. The van der Waals surface area contributed by atoms with Crippen LogP contribution in [0.4, 0.5) is 11.4 Å². The second-order valence-corrected chi connectivity index (χ2v) is 7.94. The van der Waals surface area contributed by atoms with E-state index in [-0.39, 0.29) is 17.7 Å². The van der Waals surface area contributed by atoms with Crippen LogP contribution in [0.3, 0.4) is 0 Å². The molecule has 5 rings (SSSR count). The summed E-state index contributed by atoms with van der Waals surface area (Å²) in [6.07, 6.45) is 4.96. The van der Waals surface area contributed by atoms with E-state index in [0.29, 0.717) is 6.42 Å². The lowest BCUT2D eigenvalue weighted by Crippen LogP contribution is -2.26. The van der Waals surface area contributed by atoms with E-state index in [4.69, 9.17) is 0 Å². The van der Waals surface area contributed by atoms with E-state index in [1.807, 2.05) is 24.3 Å². The van der Waals surface area contributed by atoms with Gasteiger partial charge in [-0.3, -0.25) is 9.78 Å². The summed E-state index contributed by atoms with van der Waals surface area (Å²) in [6, 6.07) is 16.1. The molecule has 0 amide bonds. The molecule has 2 N–H and O–H groups in total. The number of anilines is 2. The Morgan fingerprint density at radius 3 is 2.56 bits per heavy atom. The van der Waals surface area contributed by atoms with Gasteiger partial charge in [-0.2, -0.15) is 0 Å². The van der Waals surface area contributed by atoms with Crippen molar-refractivity contribution < 1.29 is 4.79 Å². The average Bonchev–Trinajstić information content (AvgIpc) is 3.17. The van der Waals surface area contributed by atoms with Gasteiger partial charge < -0.3 is 10.6 Å². The number of para-hydroxylation sites is 2. The van der Waals surface area contributed by atoms with Crippen LogP contribution in [0.1, 0.15) is 35.2 Å². The molecule has 0 radical (unpaired) electrons. The second-order valence-electron chi connectivity index (χ2n) is 6.96. The van der Waals surface area contributed by atoms with Crippen molar-refractivity contribution in [2.45, 2.75) is 24.8 Å². The molecule has 2 aliphatic rings. The van der Waals surface area contributed by atoms with Gasteiger partial charge in [-0.05, 0) is 47.7 Å². The van der Waals surface area contributed by atoms with Crippen LogP contribution in [0.5, 0.6) is 0 Å². The predicted molar refractivity (Wildman–Crippen MR) is 109 cm³/mol. The first-order valence-electron chi connectivity index (χ1n) is 9.12. The summed E-state index contributed by atoms with van der Waals surface area (Å²) >= 11 is 1.73. The van der Waals surface area contributed by atoms with Crippen molar-refractivity contribution in [3.05, 3.63) is 88.0 Å². The minimum Gasteiger partial charge on any atom is -0.372 e. The smallest absolute Gasteiger partial charge is 0.163 e. The van der Waals surface area contributed by atoms with Crippen LogP contribution in [0.25, 0.3) is 0 Å². The van der Waals surface area contributed by atoms with Gasteiger partial charge in [0.1, 0.15) is 0 Å². The van der Waals surface area contributed by atoms with E-state index in [2.05, 4.69) is 45.3 Å². The van der Waals surface area contributed by atoms with Crippen LogP contribution in [0.2, 0.25) is 0 Å². The van der Waals surface area contributed by atoms with Crippen LogP contribution in [-0.2, 0) is 4.79 Å². The average molecular weight is 373 g/mol. The molecule has 4 nitrogen and oxygen atoms in total. The number of thiophene rings is 1. The Labute approximate surface area is 162 Å². The highest BCUT2D eigenvalue weighted by Crippen LogP contribution is 2.44. The van der Waals surface area contributed by atoms with Gasteiger partial charge in [0.2, 0.25) is 0 Å². The number of nitrogens with zero attached hydrogens (tertiary/aromatic N) is 1.